The highest BCUT2D eigenvalue weighted by atomic mass is 31.2. The number of alkyl halides is 1. The first kappa shape index (κ1) is 36.2. The molecule has 0 bridgehead atoms. The first-order chi connectivity index (χ1) is 21.2. The molecule has 3 rings (SSSR count). The van der Waals surface area contributed by atoms with Crippen molar-refractivity contribution in [1.82, 2.24) is 9.55 Å². The van der Waals surface area contributed by atoms with Gasteiger partial charge in [-0.2, -0.15) is 0 Å². The lowest BCUT2D eigenvalue weighted by Crippen LogP contribution is -2.43. The lowest BCUT2D eigenvalue weighted by atomic mass is 9.98. The van der Waals surface area contributed by atoms with Crippen LogP contribution in [0.5, 0.6) is 5.75 Å². The minimum absolute atomic E-state index is 0.131. The number of nitrogens with one attached hydrogen (secondary N) is 1. The van der Waals surface area contributed by atoms with Crippen LogP contribution in [0.25, 0.3) is 0 Å². The summed E-state index contributed by atoms with van der Waals surface area (Å²) in [6.45, 7) is 2.92. The Kier molecular flexibility index (Phi) is 15.3. The number of phosphoric acid groups is 1. The average Bonchev–Trinajstić information content (AvgIpc) is 3.22. The molecule has 0 amide bonds. The zero-order chi connectivity index (χ0) is 31.8. The summed E-state index contributed by atoms with van der Waals surface area (Å²) in [7, 11) is -4.19. The highest BCUT2D eigenvalue weighted by molar-refractivity contribution is 7.48. The summed E-state index contributed by atoms with van der Waals surface area (Å²) in [4.78, 5) is 25.7. The van der Waals surface area contributed by atoms with Crippen molar-refractivity contribution >= 4 is 7.82 Å². The van der Waals surface area contributed by atoms with Crippen molar-refractivity contribution in [2.75, 3.05) is 13.2 Å². The van der Waals surface area contributed by atoms with Crippen LogP contribution in [0.4, 0.5) is 4.39 Å². The van der Waals surface area contributed by atoms with E-state index in [1.807, 2.05) is 4.98 Å². The molecule has 0 radical (unpaired) electrons. The SMILES string of the molecule is CCCCCCCCCCCCCCCCOP(=O)(OCC1OC(n2ccc(=O)[nH]c2=O)C(C)(F)C1O)Oc1ccccc1. The van der Waals surface area contributed by atoms with E-state index < -0.39 is 49.8 Å². The van der Waals surface area contributed by atoms with Gasteiger partial charge in [0.2, 0.25) is 0 Å². The molecule has 0 spiro atoms. The first-order valence-corrected chi connectivity index (χ1v) is 17.6. The molecular formula is C32H50FN2O8P. The number of nitrogens with zero attached hydrogens (tertiary/aromatic N) is 1. The Morgan fingerprint density at radius 1 is 0.909 bits per heavy atom. The van der Waals surface area contributed by atoms with Crippen LogP contribution in [0.2, 0.25) is 0 Å². The Balaban J connectivity index is 1.43. The van der Waals surface area contributed by atoms with Crippen LogP contribution in [-0.2, 0) is 18.3 Å². The molecule has 5 atom stereocenters. The van der Waals surface area contributed by atoms with Gasteiger partial charge in [-0.25, -0.2) is 13.8 Å². The number of aliphatic hydroxyl groups excluding tert-OH is 1. The quantitative estimate of drug-likeness (QED) is 0.102. The third-order valence-electron chi connectivity index (χ3n) is 7.93. The van der Waals surface area contributed by atoms with E-state index in [2.05, 4.69) is 6.92 Å². The molecule has 0 saturated carbocycles. The Labute approximate surface area is 259 Å². The number of rotatable bonds is 22. The van der Waals surface area contributed by atoms with E-state index in [0.29, 0.717) is 6.42 Å². The van der Waals surface area contributed by atoms with Crippen molar-refractivity contribution in [3.63, 3.8) is 0 Å². The van der Waals surface area contributed by atoms with E-state index in [0.717, 1.165) is 43.0 Å². The van der Waals surface area contributed by atoms with Gasteiger partial charge in [0, 0.05) is 12.3 Å². The Morgan fingerprint density at radius 3 is 2.05 bits per heavy atom. The topological polar surface area (TPSA) is 129 Å². The number of benzene rings is 1. The molecule has 1 aliphatic heterocycles. The molecule has 5 unspecified atom stereocenters. The molecule has 1 aromatic heterocycles. The number of aromatic amines is 1. The maximum absolute atomic E-state index is 15.5. The third kappa shape index (κ3) is 11.6. The summed E-state index contributed by atoms with van der Waals surface area (Å²) in [5.74, 6) is 0.262. The number of ether oxygens (including phenoxy) is 1. The van der Waals surface area contributed by atoms with Crippen LogP contribution >= 0.6 is 7.82 Å². The molecule has 1 fully saturated rings. The van der Waals surface area contributed by atoms with Crippen molar-refractivity contribution in [3.05, 3.63) is 63.4 Å². The van der Waals surface area contributed by atoms with Crippen molar-refractivity contribution < 1.29 is 32.4 Å². The zero-order valence-electron chi connectivity index (χ0n) is 26.2. The fourth-order valence-corrected chi connectivity index (χ4v) is 6.54. The van der Waals surface area contributed by atoms with Gasteiger partial charge in [0.05, 0.1) is 13.2 Å². The lowest BCUT2D eigenvalue weighted by molar-refractivity contribution is -0.0609. The minimum Gasteiger partial charge on any atom is -0.404 e. The molecule has 2 heterocycles. The van der Waals surface area contributed by atoms with Crippen LogP contribution in [-0.4, -0.2) is 45.7 Å². The Bertz CT molecular complexity index is 1250. The summed E-state index contributed by atoms with van der Waals surface area (Å²) >= 11 is 0. The minimum atomic E-state index is -4.19. The normalized spacial score (nSPS) is 23.0. The fraction of sp³-hybridized carbons (Fsp3) is 0.688. The number of aliphatic hydroxyl groups is 1. The standard InChI is InChI=1S/C32H50FN2O8P/c1-3-4-5-6-7-8-9-10-11-12-13-14-15-19-24-40-44(39,43-26-20-17-16-18-21-26)41-25-27-29(37)32(2,33)30(42-27)35-23-22-28(36)34-31(35)38/h16-18,20-23,27,29-30,37H,3-15,19,24-25H2,1-2H3,(H,34,36,38). The number of halogens is 1. The van der Waals surface area contributed by atoms with Crippen LogP contribution in [0, 0.1) is 0 Å². The third-order valence-corrected chi connectivity index (χ3v) is 9.32. The first-order valence-electron chi connectivity index (χ1n) is 16.1. The van der Waals surface area contributed by atoms with Gasteiger partial charge in [-0.1, -0.05) is 109 Å². The maximum Gasteiger partial charge on any atom is 0.530 e. The molecular weight excluding hydrogens is 590 g/mol. The molecule has 1 aliphatic rings. The van der Waals surface area contributed by atoms with Crippen LogP contribution in [0.3, 0.4) is 0 Å². The Morgan fingerprint density at radius 2 is 1.48 bits per heavy atom. The maximum atomic E-state index is 15.5. The van der Waals surface area contributed by atoms with E-state index in [1.165, 1.54) is 64.2 Å². The number of aromatic nitrogens is 2. The molecule has 10 nitrogen and oxygen atoms in total. The molecule has 12 heteroatoms. The second-order valence-electron chi connectivity index (χ2n) is 11.7. The fourth-order valence-electron chi connectivity index (χ4n) is 5.30. The highest BCUT2D eigenvalue weighted by Crippen LogP contribution is 2.51. The van der Waals surface area contributed by atoms with Crippen molar-refractivity contribution in [2.45, 2.75) is 128 Å². The van der Waals surface area contributed by atoms with Crippen molar-refractivity contribution in [3.8, 4) is 5.75 Å². The number of H-pyrrole nitrogens is 1. The summed E-state index contributed by atoms with van der Waals surface area (Å²) in [6, 6.07) is 9.44. The summed E-state index contributed by atoms with van der Waals surface area (Å²) in [6.07, 6.45) is 13.4. The number of hydrogen-bond acceptors (Lipinski definition) is 8. The van der Waals surface area contributed by atoms with Gasteiger partial charge in [-0.3, -0.25) is 23.4 Å². The van der Waals surface area contributed by atoms with E-state index in [9.17, 15) is 19.3 Å². The van der Waals surface area contributed by atoms with Gasteiger partial charge >= 0.3 is 13.5 Å². The second kappa shape index (κ2) is 18.6. The van der Waals surface area contributed by atoms with E-state index in [-0.39, 0.29) is 12.4 Å². The smallest absolute Gasteiger partial charge is 0.404 e. The van der Waals surface area contributed by atoms with Gasteiger partial charge in [-0.05, 0) is 25.5 Å². The van der Waals surface area contributed by atoms with Gasteiger partial charge in [0.15, 0.2) is 11.9 Å². The average molecular weight is 641 g/mol. The monoisotopic (exact) mass is 640 g/mol. The summed E-state index contributed by atoms with van der Waals surface area (Å²) in [5, 5.41) is 10.7. The van der Waals surface area contributed by atoms with E-state index in [4.69, 9.17) is 18.3 Å². The van der Waals surface area contributed by atoms with Crippen LogP contribution in [0.1, 0.15) is 110 Å². The number of hydrogen-bond donors (Lipinski definition) is 2. The number of para-hydroxylation sites is 1. The molecule has 44 heavy (non-hydrogen) atoms. The summed E-state index contributed by atoms with van der Waals surface area (Å²) < 4.78 is 52.4. The van der Waals surface area contributed by atoms with Gasteiger partial charge in [0.1, 0.15) is 18.0 Å². The van der Waals surface area contributed by atoms with E-state index >= 15 is 4.39 Å². The van der Waals surface area contributed by atoms with E-state index in [1.54, 1.807) is 30.3 Å². The summed E-state index contributed by atoms with van der Waals surface area (Å²) in [5.41, 5.74) is -3.97. The second-order valence-corrected chi connectivity index (χ2v) is 13.3. The number of unbranched alkanes of at least 4 members (excludes halogenated alkanes) is 13. The largest absolute Gasteiger partial charge is 0.530 e. The van der Waals surface area contributed by atoms with Gasteiger partial charge < -0.3 is 14.4 Å². The predicted octanol–water partition coefficient (Wildman–Crippen LogP) is 7.22. The zero-order valence-corrected chi connectivity index (χ0v) is 27.1. The number of phosphoric ester groups is 1. The molecule has 1 aromatic carbocycles. The molecule has 248 valence electrons. The van der Waals surface area contributed by atoms with Gasteiger partial charge in [-0.15, -0.1) is 0 Å². The molecule has 1 saturated heterocycles. The van der Waals surface area contributed by atoms with Crippen LogP contribution < -0.4 is 15.8 Å². The van der Waals surface area contributed by atoms with Crippen molar-refractivity contribution in [2.24, 2.45) is 0 Å². The Hall–Kier alpha value is -2.30. The van der Waals surface area contributed by atoms with Crippen molar-refractivity contribution in [1.29, 1.82) is 0 Å². The molecule has 2 N–H and O–H groups in total. The van der Waals surface area contributed by atoms with Crippen LogP contribution in [0.15, 0.2) is 52.2 Å². The molecule has 0 aliphatic carbocycles. The predicted molar refractivity (Wildman–Crippen MR) is 168 cm³/mol. The molecule has 2 aromatic rings. The van der Waals surface area contributed by atoms with Gasteiger partial charge in [0.25, 0.3) is 5.56 Å². The lowest BCUT2D eigenvalue weighted by Gasteiger charge is -2.24. The highest BCUT2D eigenvalue weighted by Gasteiger charge is 2.55.